The van der Waals surface area contributed by atoms with Gasteiger partial charge in [-0.15, -0.1) is 0 Å². The minimum Gasteiger partial charge on any atom is -0.496 e. The molecule has 0 aromatic heterocycles. The van der Waals surface area contributed by atoms with Crippen LogP contribution in [0.25, 0.3) is 6.08 Å². The minimum absolute atomic E-state index is 0.0922. The molecule has 0 spiro atoms. The standard InChI is InChI=1S/C22H25NO5/c1-5-23-22(25)14-28-20-11-8-16(13-21(20)27-4)7-9-18(24)17-12-15(2)6-10-19(17)26-3/h6-13H,5,14H2,1-4H3,(H,23,25)/b9-7+. The van der Waals surface area contributed by atoms with E-state index in [1.807, 2.05) is 19.9 Å². The van der Waals surface area contributed by atoms with Gasteiger partial charge in [0.05, 0.1) is 19.8 Å². The number of aryl methyl sites for hydroxylation is 1. The Morgan fingerprint density at radius 1 is 1.00 bits per heavy atom. The van der Waals surface area contributed by atoms with Crippen LogP contribution in [0, 0.1) is 6.92 Å². The number of rotatable bonds is 9. The van der Waals surface area contributed by atoms with Gasteiger partial charge >= 0.3 is 0 Å². The summed E-state index contributed by atoms with van der Waals surface area (Å²) < 4.78 is 16.1. The Labute approximate surface area is 165 Å². The van der Waals surface area contributed by atoms with E-state index in [-0.39, 0.29) is 18.3 Å². The molecule has 6 nitrogen and oxygen atoms in total. The number of carbonyl (C=O) groups is 2. The van der Waals surface area contributed by atoms with Crippen molar-refractivity contribution in [2.75, 3.05) is 27.4 Å². The van der Waals surface area contributed by atoms with E-state index in [9.17, 15) is 9.59 Å². The number of likely N-dealkylation sites (N-methyl/N-ethyl adjacent to an activating group) is 1. The summed E-state index contributed by atoms with van der Waals surface area (Å²) in [7, 11) is 3.06. The molecular weight excluding hydrogens is 358 g/mol. The average Bonchev–Trinajstić information content (AvgIpc) is 2.70. The summed E-state index contributed by atoms with van der Waals surface area (Å²) in [5, 5.41) is 2.66. The number of ether oxygens (including phenoxy) is 3. The quantitative estimate of drug-likeness (QED) is 0.531. The van der Waals surface area contributed by atoms with Crippen molar-refractivity contribution in [3.05, 3.63) is 59.2 Å². The molecule has 0 unspecified atom stereocenters. The number of hydrogen-bond acceptors (Lipinski definition) is 5. The van der Waals surface area contributed by atoms with Gasteiger partial charge in [-0.2, -0.15) is 0 Å². The molecule has 0 saturated carbocycles. The summed E-state index contributed by atoms with van der Waals surface area (Å²) in [6.07, 6.45) is 3.18. The van der Waals surface area contributed by atoms with Crippen molar-refractivity contribution in [3.63, 3.8) is 0 Å². The number of methoxy groups -OCH3 is 2. The molecule has 0 aliphatic rings. The summed E-state index contributed by atoms with van der Waals surface area (Å²) in [5.41, 5.74) is 2.25. The first-order valence-electron chi connectivity index (χ1n) is 8.93. The fraction of sp³-hybridized carbons (Fsp3) is 0.273. The highest BCUT2D eigenvalue weighted by molar-refractivity contribution is 6.08. The van der Waals surface area contributed by atoms with E-state index in [2.05, 4.69) is 5.32 Å². The van der Waals surface area contributed by atoms with Gasteiger partial charge in [0.25, 0.3) is 5.91 Å². The van der Waals surface area contributed by atoms with Gasteiger partial charge in [-0.1, -0.05) is 23.8 Å². The lowest BCUT2D eigenvalue weighted by molar-refractivity contribution is -0.123. The third kappa shape index (κ3) is 5.61. The fourth-order valence-corrected chi connectivity index (χ4v) is 2.57. The highest BCUT2D eigenvalue weighted by Gasteiger charge is 2.11. The van der Waals surface area contributed by atoms with E-state index in [1.54, 1.807) is 36.4 Å². The first-order chi connectivity index (χ1) is 13.5. The zero-order chi connectivity index (χ0) is 20.5. The highest BCUT2D eigenvalue weighted by Crippen LogP contribution is 2.29. The molecule has 1 N–H and O–H groups in total. The van der Waals surface area contributed by atoms with Crippen LogP contribution in [-0.2, 0) is 4.79 Å². The van der Waals surface area contributed by atoms with Crippen LogP contribution in [0.4, 0.5) is 0 Å². The second-order valence-corrected chi connectivity index (χ2v) is 6.05. The first-order valence-corrected chi connectivity index (χ1v) is 8.93. The molecule has 0 heterocycles. The Kier molecular flexibility index (Phi) is 7.63. The molecule has 0 fully saturated rings. The van der Waals surface area contributed by atoms with E-state index in [0.29, 0.717) is 29.4 Å². The molecule has 0 aliphatic carbocycles. The highest BCUT2D eigenvalue weighted by atomic mass is 16.5. The molecule has 0 bridgehead atoms. The van der Waals surface area contributed by atoms with Gasteiger partial charge in [-0.05, 0) is 49.8 Å². The van der Waals surface area contributed by atoms with E-state index in [4.69, 9.17) is 14.2 Å². The van der Waals surface area contributed by atoms with E-state index >= 15 is 0 Å². The number of benzene rings is 2. The number of nitrogens with one attached hydrogen (secondary N) is 1. The molecule has 0 aliphatic heterocycles. The van der Waals surface area contributed by atoms with Crippen LogP contribution in [0.1, 0.15) is 28.4 Å². The van der Waals surface area contributed by atoms with Gasteiger partial charge in [0.15, 0.2) is 23.9 Å². The molecule has 2 rings (SSSR count). The predicted octanol–water partition coefficient (Wildman–Crippen LogP) is 3.42. The topological polar surface area (TPSA) is 73.9 Å². The number of carbonyl (C=O) groups excluding carboxylic acids is 2. The van der Waals surface area contributed by atoms with Gasteiger partial charge < -0.3 is 19.5 Å². The molecular formula is C22H25NO5. The molecule has 0 radical (unpaired) electrons. The fourth-order valence-electron chi connectivity index (χ4n) is 2.57. The molecule has 6 heteroatoms. The van der Waals surface area contributed by atoms with Crippen LogP contribution in [0.15, 0.2) is 42.5 Å². The first kappa shape index (κ1) is 21.0. The van der Waals surface area contributed by atoms with Crippen molar-refractivity contribution < 1.29 is 23.8 Å². The predicted molar refractivity (Wildman–Crippen MR) is 108 cm³/mol. The third-order valence-electron chi connectivity index (χ3n) is 3.97. The van der Waals surface area contributed by atoms with Gasteiger partial charge in [0.2, 0.25) is 0 Å². The van der Waals surface area contributed by atoms with Gasteiger partial charge in [-0.25, -0.2) is 0 Å². The Bertz CT molecular complexity index is 873. The molecule has 0 atom stereocenters. The van der Waals surface area contributed by atoms with Crippen molar-refractivity contribution in [3.8, 4) is 17.2 Å². The Morgan fingerprint density at radius 2 is 1.71 bits per heavy atom. The van der Waals surface area contributed by atoms with Crippen molar-refractivity contribution in [2.24, 2.45) is 0 Å². The largest absolute Gasteiger partial charge is 0.496 e. The van der Waals surface area contributed by atoms with E-state index < -0.39 is 0 Å². The maximum absolute atomic E-state index is 12.5. The lowest BCUT2D eigenvalue weighted by Crippen LogP contribution is -2.28. The number of hydrogen-bond donors (Lipinski definition) is 1. The number of ketones is 1. The van der Waals surface area contributed by atoms with Crippen LogP contribution < -0.4 is 19.5 Å². The van der Waals surface area contributed by atoms with Crippen LogP contribution >= 0.6 is 0 Å². The zero-order valence-corrected chi connectivity index (χ0v) is 16.6. The smallest absolute Gasteiger partial charge is 0.257 e. The summed E-state index contributed by atoms with van der Waals surface area (Å²) in [6.45, 7) is 4.21. The second kappa shape index (κ2) is 10.2. The third-order valence-corrected chi connectivity index (χ3v) is 3.97. The summed E-state index contributed by atoms with van der Waals surface area (Å²) in [5.74, 6) is 1.11. The molecule has 2 aromatic carbocycles. The average molecular weight is 383 g/mol. The van der Waals surface area contributed by atoms with Crippen molar-refractivity contribution >= 4 is 17.8 Å². The minimum atomic E-state index is -0.203. The second-order valence-electron chi connectivity index (χ2n) is 6.05. The van der Waals surface area contributed by atoms with Crippen molar-refractivity contribution in [2.45, 2.75) is 13.8 Å². The van der Waals surface area contributed by atoms with Crippen LogP contribution in [0.2, 0.25) is 0 Å². The summed E-state index contributed by atoms with van der Waals surface area (Å²) >= 11 is 0. The van der Waals surface area contributed by atoms with Crippen LogP contribution in [0.3, 0.4) is 0 Å². The Balaban J connectivity index is 2.14. The normalized spacial score (nSPS) is 10.6. The van der Waals surface area contributed by atoms with Crippen molar-refractivity contribution in [1.82, 2.24) is 5.32 Å². The zero-order valence-electron chi connectivity index (χ0n) is 16.6. The molecule has 0 saturated heterocycles. The maximum Gasteiger partial charge on any atom is 0.257 e. The Morgan fingerprint density at radius 3 is 2.39 bits per heavy atom. The lowest BCUT2D eigenvalue weighted by Gasteiger charge is -2.11. The van der Waals surface area contributed by atoms with Gasteiger partial charge in [0, 0.05) is 6.54 Å². The molecule has 28 heavy (non-hydrogen) atoms. The van der Waals surface area contributed by atoms with Crippen molar-refractivity contribution in [1.29, 1.82) is 0 Å². The van der Waals surface area contributed by atoms with Gasteiger partial charge in [0.1, 0.15) is 5.75 Å². The van der Waals surface area contributed by atoms with Crippen LogP contribution in [0.5, 0.6) is 17.2 Å². The van der Waals surface area contributed by atoms with E-state index in [1.165, 1.54) is 20.3 Å². The lowest BCUT2D eigenvalue weighted by atomic mass is 10.1. The van der Waals surface area contributed by atoms with E-state index in [0.717, 1.165) is 11.1 Å². The number of allylic oxidation sites excluding steroid dienone is 1. The molecule has 2 aromatic rings. The summed E-state index contributed by atoms with van der Waals surface area (Å²) in [6, 6.07) is 10.7. The molecule has 1 amide bonds. The number of amides is 1. The van der Waals surface area contributed by atoms with Crippen LogP contribution in [-0.4, -0.2) is 39.1 Å². The summed E-state index contributed by atoms with van der Waals surface area (Å²) in [4.78, 5) is 24.1. The monoisotopic (exact) mass is 383 g/mol. The Hall–Kier alpha value is -3.28. The van der Waals surface area contributed by atoms with Gasteiger partial charge in [-0.3, -0.25) is 9.59 Å². The SMILES string of the molecule is CCNC(=O)COc1ccc(/C=C/C(=O)c2cc(C)ccc2OC)cc1OC. The molecule has 148 valence electrons. The maximum atomic E-state index is 12.5.